The Morgan fingerprint density at radius 3 is 2.82 bits per heavy atom. The SMILES string of the molecule is CCCCCC1(O)OC(=C=O)C(C(=O)NOC)=C1c1cc2c(C)cccc2[nH]1. The Labute approximate surface area is 163 Å². The van der Waals surface area contributed by atoms with Crippen LogP contribution in [0.3, 0.4) is 0 Å². The zero-order valence-electron chi connectivity index (χ0n) is 16.2. The first-order chi connectivity index (χ1) is 13.4. The lowest BCUT2D eigenvalue weighted by atomic mass is 9.93. The fraction of sp³-hybridized carbons (Fsp3) is 0.381. The molecule has 28 heavy (non-hydrogen) atoms. The summed E-state index contributed by atoms with van der Waals surface area (Å²) in [6, 6.07) is 7.65. The number of unbranched alkanes of at least 4 members (excludes halogenated alkanes) is 2. The topological polar surface area (TPSA) is 101 Å². The van der Waals surface area contributed by atoms with Crippen molar-refractivity contribution in [1.82, 2.24) is 10.5 Å². The molecular weight excluding hydrogens is 360 g/mol. The first-order valence-corrected chi connectivity index (χ1v) is 9.28. The number of aromatic amines is 1. The summed E-state index contributed by atoms with van der Waals surface area (Å²) in [5, 5.41) is 12.2. The number of carbonyl (C=O) groups excluding carboxylic acids is 2. The molecule has 0 saturated carbocycles. The van der Waals surface area contributed by atoms with Gasteiger partial charge in [-0.15, -0.1) is 0 Å². The van der Waals surface area contributed by atoms with E-state index in [0.29, 0.717) is 12.1 Å². The summed E-state index contributed by atoms with van der Waals surface area (Å²) in [7, 11) is 1.29. The summed E-state index contributed by atoms with van der Waals surface area (Å²) in [4.78, 5) is 32.0. The molecule has 1 unspecified atom stereocenters. The molecule has 0 aliphatic carbocycles. The van der Waals surface area contributed by atoms with Crippen LogP contribution in [0.1, 0.15) is 43.9 Å². The minimum absolute atomic E-state index is 0.0833. The van der Waals surface area contributed by atoms with E-state index in [4.69, 9.17) is 9.57 Å². The average Bonchev–Trinajstić information content (AvgIpc) is 3.21. The second-order valence-electron chi connectivity index (χ2n) is 6.88. The van der Waals surface area contributed by atoms with Crippen LogP contribution in [0, 0.1) is 6.92 Å². The molecule has 2 aromatic rings. The highest BCUT2D eigenvalue weighted by molar-refractivity contribution is 6.09. The first kappa shape index (κ1) is 19.9. The Bertz CT molecular complexity index is 984. The molecule has 1 aromatic heterocycles. The van der Waals surface area contributed by atoms with Gasteiger partial charge in [-0.2, -0.15) is 0 Å². The van der Waals surface area contributed by atoms with Crippen LogP contribution in [-0.2, 0) is 19.2 Å². The second-order valence-corrected chi connectivity index (χ2v) is 6.88. The van der Waals surface area contributed by atoms with Crippen molar-refractivity contribution in [2.24, 2.45) is 0 Å². The number of hydroxylamine groups is 1. The molecule has 7 heteroatoms. The van der Waals surface area contributed by atoms with Crippen molar-refractivity contribution in [3.05, 3.63) is 46.9 Å². The van der Waals surface area contributed by atoms with Gasteiger partial charge in [0.1, 0.15) is 5.57 Å². The van der Waals surface area contributed by atoms with Gasteiger partial charge in [-0.3, -0.25) is 9.63 Å². The molecule has 1 amide bonds. The number of carbonyl (C=O) groups is 1. The molecular formula is C21H24N2O5. The smallest absolute Gasteiger partial charge is 0.280 e. The number of ether oxygens (including phenoxy) is 1. The highest BCUT2D eigenvalue weighted by Crippen LogP contribution is 2.45. The van der Waals surface area contributed by atoms with Crippen molar-refractivity contribution < 1.29 is 24.3 Å². The van der Waals surface area contributed by atoms with Crippen LogP contribution in [0.25, 0.3) is 16.5 Å². The molecule has 0 saturated heterocycles. The number of aryl methyl sites for hydroxylation is 1. The molecule has 148 valence electrons. The predicted molar refractivity (Wildman–Crippen MR) is 104 cm³/mol. The van der Waals surface area contributed by atoms with Crippen LogP contribution in [-0.4, -0.2) is 34.8 Å². The second kappa shape index (κ2) is 8.02. The van der Waals surface area contributed by atoms with Crippen molar-refractivity contribution in [2.75, 3.05) is 7.11 Å². The Kier molecular flexibility index (Phi) is 5.70. The number of amides is 1. The summed E-state index contributed by atoms with van der Waals surface area (Å²) in [5.74, 6) is -1.19. The molecule has 3 N–H and O–H groups in total. The van der Waals surface area contributed by atoms with Gasteiger partial charge in [0.2, 0.25) is 11.5 Å². The van der Waals surface area contributed by atoms with Gasteiger partial charge in [0.05, 0.1) is 12.7 Å². The Morgan fingerprint density at radius 2 is 2.18 bits per heavy atom. The standard InChI is InChI=1S/C21H24N2O5/c1-4-5-6-10-21(26)19(18(17(12-24)28-21)20(25)23-27-3)16-11-14-13(2)8-7-9-15(14)22-16/h7-9,11,22,26H,4-6,10H2,1-3H3,(H,23,25). The molecule has 7 nitrogen and oxygen atoms in total. The number of nitrogens with one attached hydrogen (secondary N) is 2. The molecule has 1 atom stereocenters. The van der Waals surface area contributed by atoms with E-state index in [0.717, 1.165) is 29.3 Å². The van der Waals surface area contributed by atoms with Crippen molar-refractivity contribution in [2.45, 2.75) is 45.3 Å². The third kappa shape index (κ3) is 3.47. The summed E-state index contributed by atoms with van der Waals surface area (Å²) < 4.78 is 5.56. The fourth-order valence-corrected chi connectivity index (χ4v) is 3.59. The minimum Gasteiger partial charge on any atom is -0.446 e. The lowest BCUT2D eigenvalue weighted by Gasteiger charge is -2.25. The number of benzene rings is 1. The molecule has 1 aliphatic rings. The Morgan fingerprint density at radius 1 is 1.39 bits per heavy atom. The van der Waals surface area contributed by atoms with E-state index in [9.17, 15) is 14.7 Å². The Balaban J connectivity index is 2.21. The van der Waals surface area contributed by atoms with E-state index in [1.807, 2.05) is 38.1 Å². The highest BCUT2D eigenvalue weighted by Gasteiger charge is 2.48. The molecule has 0 bridgehead atoms. The molecule has 1 aliphatic heterocycles. The van der Waals surface area contributed by atoms with Gasteiger partial charge in [-0.25, -0.2) is 10.3 Å². The molecule has 1 aromatic carbocycles. The zero-order valence-corrected chi connectivity index (χ0v) is 16.2. The predicted octanol–water partition coefficient (Wildman–Crippen LogP) is 2.92. The first-order valence-electron chi connectivity index (χ1n) is 9.28. The fourth-order valence-electron chi connectivity index (χ4n) is 3.59. The number of hydrogen-bond acceptors (Lipinski definition) is 5. The number of aromatic nitrogens is 1. The minimum atomic E-state index is -1.81. The summed E-state index contributed by atoms with van der Waals surface area (Å²) in [5.41, 5.74) is 4.74. The maximum absolute atomic E-state index is 12.6. The quantitative estimate of drug-likeness (QED) is 0.387. The summed E-state index contributed by atoms with van der Waals surface area (Å²) in [6.45, 7) is 4.02. The third-order valence-electron chi connectivity index (χ3n) is 4.92. The van der Waals surface area contributed by atoms with E-state index in [2.05, 4.69) is 10.5 Å². The van der Waals surface area contributed by atoms with Crippen molar-refractivity contribution in [1.29, 1.82) is 0 Å². The maximum Gasteiger partial charge on any atom is 0.280 e. The van der Waals surface area contributed by atoms with Gasteiger partial charge in [-0.05, 0) is 31.0 Å². The van der Waals surface area contributed by atoms with Crippen molar-refractivity contribution in [3.8, 4) is 0 Å². The molecule has 0 spiro atoms. The van der Waals surface area contributed by atoms with Crippen molar-refractivity contribution in [3.63, 3.8) is 0 Å². The molecule has 0 radical (unpaired) electrons. The van der Waals surface area contributed by atoms with Gasteiger partial charge in [0.15, 0.2) is 5.94 Å². The van der Waals surface area contributed by atoms with E-state index < -0.39 is 11.7 Å². The normalized spacial score (nSPS) is 19.1. The summed E-state index contributed by atoms with van der Waals surface area (Å²) in [6.07, 6.45) is 2.74. The van der Waals surface area contributed by atoms with Gasteiger partial charge in [0.25, 0.3) is 5.91 Å². The number of aliphatic hydroxyl groups is 1. The van der Waals surface area contributed by atoms with Crippen LogP contribution in [0.2, 0.25) is 0 Å². The average molecular weight is 384 g/mol. The maximum atomic E-state index is 12.6. The van der Waals surface area contributed by atoms with Crippen molar-refractivity contribution >= 4 is 28.3 Å². The number of fused-ring (bicyclic) bond motifs is 1. The van der Waals surface area contributed by atoms with Crippen LogP contribution in [0.4, 0.5) is 0 Å². The van der Waals surface area contributed by atoms with Crippen LogP contribution in [0.5, 0.6) is 0 Å². The van der Waals surface area contributed by atoms with Crippen LogP contribution < -0.4 is 5.48 Å². The molecule has 2 heterocycles. The lowest BCUT2D eigenvalue weighted by Crippen LogP contribution is -2.30. The zero-order chi connectivity index (χ0) is 20.3. The number of rotatable bonds is 7. The van der Waals surface area contributed by atoms with Gasteiger partial charge in [0, 0.05) is 23.0 Å². The van der Waals surface area contributed by atoms with E-state index in [-0.39, 0.29) is 23.3 Å². The van der Waals surface area contributed by atoms with E-state index in [1.54, 1.807) is 5.94 Å². The van der Waals surface area contributed by atoms with E-state index in [1.165, 1.54) is 7.11 Å². The van der Waals surface area contributed by atoms with Crippen LogP contribution >= 0.6 is 0 Å². The monoisotopic (exact) mass is 384 g/mol. The number of H-pyrrole nitrogens is 1. The number of hydrogen-bond donors (Lipinski definition) is 3. The van der Waals surface area contributed by atoms with Crippen LogP contribution in [0.15, 0.2) is 35.6 Å². The van der Waals surface area contributed by atoms with Gasteiger partial charge >= 0.3 is 0 Å². The lowest BCUT2D eigenvalue weighted by molar-refractivity contribution is -0.128. The highest BCUT2D eigenvalue weighted by atomic mass is 16.6. The van der Waals surface area contributed by atoms with E-state index >= 15 is 0 Å². The largest absolute Gasteiger partial charge is 0.446 e. The third-order valence-corrected chi connectivity index (χ3v) is 4.92. The van der Waals surface area contributed by atoms with Gasteiger partial charge in [-0.1, -0.05) is 31.9 Å². The Hall–Kier alpha value is -2.86. The van der Waals surface area contributed by atoms with Gasteiger partial charge < -0.3 is 14.8 Å². The molecule has 0 fully saturated rings. The molecule has 3 rings (SSSR count). The summed E-state index contributed by atoms with van der Waals surface area (Å²) >= 11 is 0.